The third-order valence-corrected chi connectivity index (χ3v) is 8.28. The molecule has 0 saturated carbocycles. The number of rotatable bonds is 6. The number of hydrogen-bond acceptors (Lipinski definition) is 6. The minimum absolute atomic E-state index is 0.0296. The van der Waals surface area contributed by atoms with E-state index < -0.39 is 33.1 Å². The highest BCUT2D eigenvalue weighted by Gasteiger charge is 2.43. The topological polar surface area (TPSA) is 101 Å². The molecule has 3 aromatic carbocycles. The molecule has 0 saturated heterocycles. The smallest absolute Gasteiger partial charge is 0.287 e. The first-order valence-corrected chi connectivity index (χ1v) is 14.3. The van der Waals surface area contributed by atoms with Crippen molar-refractivity contribution in [1.29, 1.82) is 0 Å². The molecule has 1 atom stereocenters. The molecule has 12 heteroatoms. The number of allylic oxidation sites excluding steroid dienone is 2. The van der Waals surface area contributed by atoms with Crippen LogP contribution in [0.25, 0.3) is 0 Å². The van der Waals surface area contributed by atoms with E-state index in [2.05, 4.69) is 0 Å². The molecule has 0 radical (unpaired) electrons. The van der Waals surface area contributed by atoms with E-state index in [9.17, 15) is 22.8 Å². The summed E-state index contributed by atoms with van der Waals surface area (Å²) in [4.78, 5) is 41.4. The van der Waals surface area contributed by atoms with Gasteiger partial charge < -0.3 is 4.74 Å². The van der Waals surface area contributed by atoms with E-state index in [0.717, 1.165) is 0 Å². The molecule has 0 heterocycles. The Balaban J connectivity index is 1.94. The van der Waals surface area contributed by atoms with E-state index in [0.29, 0.717) is 20.8 Å². The van der Waals surface area contributed by atoms with Crippen LogP contribution in [0.5, 0.6) is 5.75 Å². The Kier molecular flexibility index (Phi) is 9.00. The van der Waals surface area contributed by atoms with Crippen LogP contribution in [0.4, 0.5) is 0 Å². The fourth-order valence-electron chi connectivity index (χ4n) is 3.70. The Morgan fingerprint density at radius 3 is 1.80 bits per heavy atom. The van der Waals surface area contributed by atoms with Crippen LogP contribution in [0.3, 0.4) is 0 Å². The van der Waals surface area contributed by atoms with Gasteiger partial charge in [-0.3, -0.25) is 14.4 Å². The maximum atomic E-state index is 14.1. The number of methoxy groups -OCH3 is 1. The number of carbonyl (C=O) groups is 3. The fourth-order valence-corrected chi connectivity index (χ4v) is 5.49. The van der Waals surface area contributed by atoms with Gasteiger partial charge in [0.2, 0.25) is 0 Å². The zero-order valence-corrected chi connectivity index (χ0v) is 23.9. The van der Waals surface area contributed by atoms with E-state index in [1.165, 1.54) is 98.1 Å². The Hall–Kier alpha value is -3.63. The maximum Gasteiger partial charge on any atom is 0.287 e. The minimum Gasteiger partial charge on any atom is -0.497 e. The van der Waals surface area contributed by atoms with Crippen molar-refractivity contribution < 1.29 is 27.5 Å². The normalized spacial score (nSPS) is 14.7. The van der Waals surface area contributed by atoms with Crippen LogP contribution in [0.1, 0.15) is 27.1 Å². The second-order valence-electron chi connectivity index (χ2n) is 8.43. The molecule has 1 aliphatic carbocycles. The van der Waals surface area contributed by atoms with Crippen LogP contribution >= 0.6 is 34.8 Å². The Morgan fingerprint density at radius 2 is 1.32 bits per heavy atom. The summed E-state index contributed by atoms with van der Waals surface area (Å²) in [5.74, 6) is -2.95. The van der Waals surface area contributed by atoms with Crippen molar-refractivity contribution in [1.82, 2.24) is 9.42 Å². The molecule has 0 spiro atoms. The standard InChI is InChI=1S/C28H21Cl3N2O6S/c1-39-24-14-16-25(17-15-24)40(37,38)33(28(36)20-6-12-23(31)13-7-20)32(26(34)18-2-8-21(29)9-3-18)27(35)19-4-10-22(30)11-5-19/h2-10,12-17,22H,11H2,1H3. The summed E-state index contributed by atoms with van der Waals surface area (Å²) in [7, 11) is -3.46. The van der Waals surface area contributed by atoms with Crippen LogP contribution in [-0.4, -0.2) is 48.0 Å². The number of sulfonamides is 1. The summed E-state index contributed by atoms with van der Waals surface area (Å²) in [6, 6.07) is 15.9. The second kappa shape index (κ2) is 12.3. The van der Waals surface area contributed by atoms with E-state index in [1.54, 1.807) is 0 Å². The zero-order valence-electron chi connectivity index (χ0n) is 20.8. The summed E-state index contributed by atoms with van der Waals surface area (Å²) in [6.45, 7) is 0. The van der Waals surface area contributed by atoms with E-state index in [1.807, 2.05) is 0 Å². The molecule has 3 aromatic rings. The van der Waals surface area contributed by atoms with Gasteiger partial charge in [0.15, 0.2) is 0 Å². The molecule has 0 N–H and O–H groups in total. The first-order chi connectivity index (χ1) is 19.0. The molecule has 8 nitrogen and oxygen atoms in total. The highest BCUT2D eigenvalue weighted by Crippen LogP contribution is 2.28. The molecular weight excluding hydrogens is 599 g/mol. The average Bonchev–Trinajstić information content (AvgIpc) is 2.96. The molecule has 0 bridgehead atoms. The predicted molar refractivity (Wildman–Crippen MR) is 152 cm³/mol. The Labute approximate surface area is 246 Å². The van der Waals surface area contributed by atoms with Gasteiger partial charge in [0.1, 0.15) is 5.75 Å². The lowest BCUT2D eigenvalue weighted by molar-refractivity contribution is -0.130. The van der Waals surface area contributed by atoms with Crippen LogP contribution in [-0.2, 0) is 14.8 Å². The summed E-state index contributed by atoms with van der Waals surface area (Å²) < 4.78 is 33.5. The number of hydrogen-bond donors (Lipinski definition) is 0. The molecule has 0 aliphatic heterocycles. The molecule has 1 unspecified atom stereocenters. The van der Waals surface area contributed by atoms with Crippen molar-refractivity contribution in [3.8, 4) is 5.75 Å². The third-order valence-electron chi connectivity index (χ3n) is 5.80. The molecule has 0 fully saturated rings. The van der Waals surface area contributed by atoms with Gasteiger partial charge >= 0.3 is 0 Å². The highest BCUT2D eigenvalue weighted by molar-refractivity contribution is 7.89. The Morgan fingerprint density at radius 1 is 0.800 bits per heavy atom. The average molecular weight is 620 g/mol. The van der Waals surface area contributed by atoms with Gasteiger partial charge in [-0.1, -0.05) is 41.4 Å². The largest absolute Gasteiger partial charge is 0.497 e. The van der Waals surface area contributed by atoms with Gasteiger partial charge in [0, 0.05) is 26.7 Å². The predicted octanol–water partition coefficient (Wildman–Crippen LogP) is 5.91. The van der Waals surface area contributed by atoms with E-state index in [-0.39, 0.29) is 32.4 Å². The van der Waals surface area contributed by atoms with Crippen LogP contribution in [0, 0.1) is 0 Å². The van der Waals surface area contributed by atoms with E-state index >= 15 is 0 Å². The van der Waals surface area contributed by atoms with Crippen LogP contribution in [0.2, 0.25) is 10.0 Å². The second-order valence-corrected chi connectivity index (χ2v) is 11.6. The lowest BCUT2D eigenvalue weighted by Crippen LogP contribution is -2.55. The summed E-state index contributed by atoms with van der Waals surface area (Å²) in [5, 5.41) is 0.511. The lowest BCUT2D eigenvalue weighted by atomic mass is 10.1. The fraction of sp³-hybridized carbons (Fsp3) is 0.107. The molecular formula is C28H21Cl3N2O6S. The van der Waals surface area contributed by atoms with Gasteiger partial charge in [0.05, 0.1) is 17.4 Å². The van der Waals surface area contributed by atoms with Crippen molar-refractivity contribution in [2.24, 2.45) is 0 Å². The monoisotopic (exact) mass is 618 g/mol. The van der Waals surface area contributed by atoms with Crippen LogP contribution in [0.15, 0.2) is 101 Å². The van der Waals surface area contributed by atoms with E-state index in [4.69, 9.17) is 39.5 Å². The maximum absolute atomic E-state index is 14.1. The van der Waals surface area contributed by atoms with Crippen molar-refractivity contribution in [2.75, 3.05) is 7.11 Å². The zero-order chi connectivity index (χ0) is 29.0. The van der Waals surface area contributed by atoms with Gasteiger partial charge in [-0.25, -0.2) is 0 Å². The van der Waals surface area contributed by atoms with Crippen LogP contribution < -0.4 is 4.74 Å². The Bertz CT molecular complexity index is 1600. The number of hydrazine groups is 1. The first-order valence-electron chi connectivity index (χ1n) is 11.7. The highest BCUT2D eigenvalue weighted by atomic mass is 35.5. The third kappa shape index (κ3) is 6.23. The molecule has 40 heavy (non-hydrogen) atoms. The molecule has 0 aromatic heterocycles. The van der Waals surface area contributed by atoms with Gasteiger partial charge in [-0.2, -0.15) is 13.4 Å². The summed E-state index contributed by atoms with van der Waals surface area (Å²) in [6.07, 6.45) is 4.62. The lowest BCUT2D eigenvalue weighted by Gasteiger charge is -2.33. The van der Waals surface area contributed by atoms with Crippen molar-refractivity contribution in [2.45, 2.75) is 16.7 Å². The van der Waals surface area contributed by atoms with Gasteiger partial charge in [-0.05, 0) is 79.2 Å². The molecule has 4 rings (SSSR count). The molecule has 1 aliphatic rings. The van der Waals surface area contributed by atoms with Crippen molar-refractivity contribution in [3.63, 3.8) is 0 Å². The quantitative estimate of drug-likeness (QED) is 0.193. The van der Waals surface area contributed by atoms with Gasteiger partial charge in [0.25, 0.3) is 27.7 Å². The number of alkyl halides is 1. The minimum atomic E-state index is -4.86. The van der Waals surface area contributed by atoms with Gasteiger partial charge in [-0.15, -0.1) is 16.0 Å². The number of ether oxygens (including phenoxy) is 1. The first kappa shape index (κ1) is 29.4. The number of nitrogens with zero attached hydrogens (tertiary/aromatic N) is 2. The van der Waals surface area contributed by atoms with Crippen molar-refractivity contribution in [3.05, 3.63) is 118 Å². The number of amides is 3. The number of halogens is 3. The molecule has 206 valence electrons. The van der Waals surface area contributed by atoms with Crippen molar-refractivity contribution >= 4 is 62.5 Å². The SMILES string of the molecule is COc1ccc(S(=O)(=O)N(C(=O)c2ccc(Cl)cc2)N(C(=O)C2=CCC(Cl)C=C2)C(=O)c2ccc(Cl)cc2)cc1. The number of imide groups is 1. The summed E-state index contributed by atoms with van der Waals surface area (Å²) >= 11 is 18.0. The number of carbonyl (C=O) groups excluding carboxylic acids is 3. The molecule has 3 amide bonds. The summed E-state index contributed by atoms with van der Waals surface area (Å²) in [5.41, 5.74) is -0.262. The number of benzene rings is 3.